The standard InChI is InChI=1S/C27H41F6N5O10/c1-14(2)9-15(20(40)26(3)13-48-26)35-23(43)19(27(32,33)44-4)37-22(42)17(12-47-25(30)31)36-21(41)16(11-46-24(28)29)34-18(39)10-38-5-7-45-8-6-38/h14-17,19,24-25H,5-13H2,1-4H3,(H,34,39)(H,35,43)(H,36,41)(H,37,42)/t15-,16-,17-,19-,26+/m0/s1. The first-order valence-corrected chi connectivity index (χ1v) is 14.8. The lowest BCUT2D eigenvalue weighted by Crippen LogP contribution is -2.64. The maximum absolute atomic E-state index is 14.9. The largest absolute Gasteiger partial charge is 0.384 e. The average Bonchev–Trinajstić information content (AvgIpc) is 3.77. The van der Waals surface area contributed by atoms with Crippen molar-refractivity contribution in [3.8, 4) is 0 Å². The lowest BCUT2D eigenvalue weighted by Gasteiger charge is -2.30. The van der Waals surface area contributed by atoms with Crippen molar-refractivity contribution in [1.29, 1.82) is 0 Å². The van der Waals surface area contributed by atoms with Crippen LogP contribution in [0.4, 0.5) is 26.3 Å². The Balaban J connectivity index is 2.26. The van der Waals surface area contributed by atoms with Crippen molar-refractivity contribution in [2.45, 2.75) is 76.3 Å². The molecule has 0 aromatic carbocycles. The predicted molar refractivity (Wildman–Crippen MR) is 150 cm³/mol. The quantitative estimate of drug-likeness (QED) is 0.0880. The van der Waals surface area contributed by atoms with Crippen molar-refractivity contribution < 1.29 is 74.0 Å². The zero-order valence-corrected chi connectivity index (χ0v) is 26.7. The molecule has 0 bridgehead atoms. The van der Waals surface area contributed by atoms with E-state index in [-0.39, 0.29) is 25.5 Å². The second-order valence-electron chi connectivity index (χ2n) is 11.5. The van der Waals surface area contributed by atoms with E-state index in [0.29, 0.717) is 33.4 Å². The maximum atomic E-state index is 14.9. The topological polar surface area (TPSA) is 186 Å². The summed E-state index contributed by atoms with van der Waals surface area (Å²) in [6.07, 6.45) is -4.46. The number of ketones is 1. The van der Waals surface area contributed by atoms with Crippen LogP contribution in [-0.2, 0) is 47.7 Å². The Morgan fingerprint density at radius 1 is 0.833 bits per heavy atom. The zero-order chi connectivity index (χ0) is 36.2. The summed E-state index contributed by atoms with van der Waals surface area (Å²) in [7, 11) is 0.495. The molecule has 2 rings (SSSR count). The van der Waals surface area contributed by atoms with Gasteiger partial charge < -0.3 is 45.0 Å². The molecule has 2 fully saturated rings. The Morgan fingerprint density at radius 2 is 1.33 bits per heavy atom. The first-order chi connectivity index (χ1) is 22.4. The van der Waals surface area contributed by atoms with Crippen LogP contribution in [0.2, 0.25) is 0 Å². The molecule has 0 aromatic heterocycles. The lowest BCUT2D eigenvalue weighted by atomic mass is 9.93. The number of morpholine rings is 1. The molecule has 0 aromatic rings. The van der Waals surface area contributed by atoms with Crippen LogP contribution in [0.5, 0.6) is 0 Å². The van der Waals surface area contributed by atoms with Crippen molar-refractivity contribution in [1.82, 2.24) is 26.2 Å². The van der Waals surface area contributed by atoms with Crippen molar-refractivity contribution in [2.75, 3.05) is 59.8 Å². The minimum absolute atomic E-state index is 0.0109. The van der Waals surface area contributed by atoms with Gasteiger partial charge in [-0.1, -0.05) is 13.8 Å². The summed E-state index contributed by atoms with van der Waals surface area (Å²) in [4.78, 5) is 66.4. The number of methoxy groups -OCH3 is 1. The molecule has 21 heteroatoms. The number of carbonyl (C=O) groups is 5. The third-order valence-corrected chi connectivity index (χ3v) is 7.13. The van der Waals surface area contributed by atoms with Gasteiger partial charge in [0.25, 0.3) is 5.91 Å². The van der Waals surface area contributed by atoms with Crippen LogP contribution in [0, 0.1) is 5.92 Å². The minimum Gasteiger partial charge on any atom is -0.379 e. The van der Waals surface area contributed by atoms with E-state index >= 15 is 0 Å². The summed E-state index contributed by atoms with van der Waals surface area (Å²) in [5.74, 6) is -6.41. The van der Waals surface area contributed by atoms with Crippen LogP contribution in [0.15, 0.2) is 0 Å². The van der Waals surface area contributed by atoms with Crippen molar-refractivity contribution in [3.63, 3.8) is 0 Å². The highest BCUT2D eigenvalue weighted by atomic mass is 19.3. The highest BCUT2D eigenvalue weighted by Gasteiger charge is 2.52. The SMILES string of the molecule is COC(F)(F)[C@@H](NC(=O)[C@H](COC(F)F)NC(=O)[C@H](COC(F)F)NC(=O)CN1CCOCC1)C(=O)N[C@@H](CC(C)C)C(=O)[C@@]1(C)CO1. The Hall–Kier alpha value is -3.11. The number of epoxide rings is 1. The predicted octanol–water partition coefficient (Wildman–Crippen LogP) is -0.620. The Kier molecular flexibility index (Phi) is 15.9. The number of alkyl halides is 6. The molecule has 2 aliphatic heterocycles. The van der Waals surface area contributed by atoms with E-state index in [0.717, 1.165) is 0 Å². The van der Waals surface area contributed by atoms with Gasteiger partial charge >= 0.3 is 19.3 Å². The van der Waals surface area contributed by atoms with E-state index < -0.39 is 91.7 Å². The van der Waals surface area contributed by atoms with Crippen molar-refractivity contribution in [2.24, 2.45) is 5.92 Å². The van der Waals surface area contributed by atoms with Gasteiger partial charge in [-0.15, -0.1) is 0 Å². The second kappa shape index (κ2) is 18.6. The number of nitrogens with one attached hydrogen (secondary N) is 4. The Morgan fingerprint density at radius 3 is 1.81 bits per heavy atom. The molecular weight excluding hydrogens is 668 g/mol. The van der Waals surface area contributed by atoms with E-state index in [9.17, 15) is 50.3 Å². The third kappa shape index (κ3) is 13.4. The van der Waals surface area contributed by atoms with E-state index in [2.05, 4.69) is 24.8 Å². The molecule has 2 saturated heterocycles. The molecule has 48 heavy (non-hydrogen) atoms. The first-order valence-electron chi connectivity index (χ1n) is 14.8. The molecule has 0 unspecified atom stereocenters. The molecule has 4 amide bonds. The van der Waals surface area contributed by atoms with E-state index in [1.807, 2.05) is 5.32 Å². The van der Waals surface area contributed by atoms with Gasteiger partial charge in [-0.3, -0.25) is 28.9 Å². The highest BCUT2D eigenvalue weighted by Crippen LogP contribution is 2.30. The van der Waals surface area contributed by atoms with Crippen LogP contribution in [-0.4, -0.2) is 143 Å². The normalized spacial score (nSPS) is 20.9. The molecule has 0 spiro atoms. The zero-order valence-electron chi connectivity index (χ0n) is 26.7. The van der Waals surface area contributed by atoms with Crippen LogP contribution in [0.1, 0.15) is 27.2 Å². The van der Waals surface area contributed by atoms with Crippen LogP contribution in [0.25, 0.3) is 0 Å². The number of halogens is 6. The lowest BCUT2D eigenvalue weighted by molar-refractivity contribution is -0.238. The number of Topliss-reactive ketones (excluding diaryl/α,β-unsaturated/α-hetero) is 1. The van der Waals surface area contributed by atoms with E-state index in [1.54, 1.807) is 24.1 Å². The van der Waals surface area contributed by atoms with Crippen molar-refractivity contribution in [3.05, 3.63) is 0 Å². The second-order valence-corrected chi connectivity index (χ2v) is 11.5. The first kappa shape index (κ1) is 41.1. The number of hydrogen-bond acceptors (Lipinski definition) is 11. The maximum Gasteiger partial charge on any atom is 0.384 e. The van der Waals surface area contributed by atoms with Crippen LogP contribution >= 0.6 is 0 Å². The molecule has 5 atom stereocenters. The third-order valence-electron chi connectivity index (χ3n) is 7.13. The van der Waals surface area contributed by atoms with Gasteiger partial charge in [0.15, 0.2) is 11.8 Å². The summed E-state index contributed by atoms with van der Waals surface area (Å²) < 4.78 is 104. The number of carbonyl (C=O) groups excluding carboxylic acids is 5. The summed E-state index contributed by atoms with van der Waals surface area (Å²) in [5, 5.41) is 7.74. The number of amides is 4. The minimum atomic E-state index is -4.45. The molecule has 0 radical (unpaired) electrons. The van der Waals surface area contributed by atoms with Gasteiger partial charge in [0, 0.05) is 20.2 Å². The summed E-state index contributed by atoms with van der Waals surface area (Å²) in [6.45, 7) is -3.65. The fourth-order valence-corrected chi connectivity index (χ4v) is 4.42. The number of hydrogen-bond donors (Lipinski definition) is 4. The Labute approximate surface area is 272 Å². The van der Waals surface area contributed by atoms with Gasteiger partial charge in [0.2, 0.25) is 17.7 Å². The van der Waals surface area contributed by atoms with Crippen molar-refractivity contribution >= 4 is 29.4 Å². The molecule has 0 saturated carbocycles. The van der Waals surface area contributed by atoms with Gasteiger partial charge in [-0.25, -0.2) is 0 Å². The highest BCUT2D eigenvalue weighted by molar-refractivity contribution is 5.99. The molecule has 2 aliphatic rings. The number of nitrogens with zero attached hydrogens (tertiary/aromatic N) is 1. The van der Waals surface area contributed by atoms with Crippen LogP contribution in [0.3, 0.4) is 0 Å². The number of ether oxygens (including phenoxy) is 5. The smallest absolute Gasteiger partial charge is 0.379 e. The number of rotatable bonds is 21. The van der Waals surface area contributed by atoms with Gasteiger partial charge in [0.05, 0.1) is 45.6 Å². The molecule has 4 N–H and O–H groups in total. The van der Waals surface area contributed by atoms with E-state index in [4.69, 9.17) is 9.47 Å². The monoisotopic (exact) mass is 709 g/mol. The summed E-state index contributed by atoms with van der Waals surface area (Å²) in [6, 6.07) is -8.41. The molecule has 15 nitrogen and oxygen atoms in total. The molecule has 0 aliphatic carbocycles. The fraction of sp³-hybridized carbons (Fsp3) is 0.815. The molecule has 276 valence electrons. The molecule has 2 heterocycles. The average molecular weight is 710 g/mol. The van der Waals surface area contributed by atoms with Crippen LogP contribution < -0.4 is 21.3 Å². The van der Waals surface area contributed by atoms with Gasteiger partial charge in [0.1, 0.15) is 17.7 Å². The summed E-state index contributed by atoms with van der Waals surface area (Å²) in [5.41, 5.74) is -1.26. The van der Waals surface area contributed by atoms with E-state index in [1.165, 1.54) is 6.92 Å². The molecular formula is C27H41F6N5O10. The Bertz CT molecular complexity index is 1110. The summed E-state index contributed by atoms with van der Waals surface area (Å²) >= 11 is 0. The van der Waals surface area contributed by atoms with Gasteiger partial charge in [-0.05, 0) is 19.3 Å². The van der Waals surface area contributed by atoms with Gasteiger partial charge in [-0.2, -0.15) is 26.3 Å². The fourth-order valence-electron chi connectivity index (χ4n) is 4.42.